The number of carbonyl (C=O) groups is 3. The van der Waals surface area contributed by atoms with Crippen LogP contribution in [0.3, 0.4) is 0 Å². The molecule has 0 radical (unpaired) electrons. The van der Waals surface area contributed by atoms with E-state index < -0.39 is 10.5 Å². The number of piperidine rings is 1. The Hall–Kier alpha value is -3.78. The van der Waals surface area contributed by atoms with E-state index in [1.165, 1.54) is 25.6 Å². The fourth-order valence-electron chi connectivity index (χ4n) is 6.74. The van der Waals surface area contributed by atoms with Gasteiger partial charge in [0.05, 0.1) is 0 Å². The summed E-state index contributed by atoms with van der Waals surface area (Å²) >= 11 is 1.23. The van der Waals surface area contributed by atoms with Crippen LogP contribution in [-0.2, 0) is 26.3 Å². The molecule has 0 saturated carbocycles. The van der Waals surface area contributed by atoms with Gasteiger partial charge in [0.15, 0.2) is 10.5 Å². The van der Waals surface area contributed by atoms with Crippen molar-refractivity contribution in [3.8, 4) is 11.5 Å². The molecular formula is C36H41NO6S. The van der Waals surface area contributed by atoms with Crippen LogP contribution >= 0.6 is 11.8 Å². The van der Waals surface area contributed by atoms with Crippen LogP contribution in [0.2, 0.25) is 0 Å². The monoisotopic (exact) mass is 615 g/mol. The summed E-state index contributed by atoms with van der Waals surface area (Å²) in [5, 5.41) is -0.0189. The first kappa shape index (κ1) is 31.6. The summed E-state index contributed by atoms with van der Waals surface area (Å²) in [6.07, 6.45) is 2.72. The first-order valence-corrected chi connectivity index (χ1v) is 16.1. The summed E-state index contributed by atoms with van der Waals surface area (Å²) in [6.45, 7) is 11.8. The van der Waals surface area contributed by atoms with E-state index in [0.717, 1.165) is 39.1 Å². The maximum atomic E-state index is 13.7. The normalized spacial score (nSPS) is 18.6. The molecule has 1 saturated heterocycles. The highest BCUT2D eigenvalue weighted by Crippen LogP contribution is 2.49. The highest BCUT2D eigenvalue weighted by atomic mass is 32.2. The van der Waals surface area contributed by atoms with Crippen molar-refractivity contribution >= 4 is 28.9 Å². The van der Waals surface area contributed by atoms with Crippen LogP contribution in [0.5, 0.6) is 11.5 Å². The average molecular weight is 616 g/mol. The van der Waals surface area contributed by atoms with Crippen LogP contribution in [0.4, 0.5) is 4.79 Å². The number of thioether (sulfide) groups is 1. The van der Waals surface area contributed by atoms with Gasteiger partial charge in [-0.3, -0.25) is 14.4 Å². The van der Waals surface area contributed by atoms with E-state index in [1.807, 2.05) is 93.3 Å². The Bertz CT molecular complexity index is 1510. The standard InChI is InChI=1S/C36H41NO6S/c1-23-24(2)33-31(25(3)32(23)41-26(4)38)17-20-35(6,43-33)44-34(40)37-21-18-30(19-22-37)36(42-27(5)39,28-13-9-7-10-14-28)29-15-11-8-12-16-29/h7-16,30H,17-22H2,1-6H3. The number of ether oxygens (including phenoxy) is 3. The molecule has 44 heavy (non-hydrogen) atoms. The Kier molecular flexibility index (Phi) is 9.12. The number of amides is 1. The molecule has 1 amide bonds. The molecule has 0 N–H and O–H groups in total. The SMILES string of the molecule is CC(=O)Oc1c(C)c(C)c2c(c1C)CCC(C)(SC(=O)N1CCC(C(OC(C)=O)(c3ccccc3)c3ccccc3)CC1)O2. The molecule has 2 aliphatic rings. The average Bonchev–Trinajstić information content (AvgIpc) is 3.01. The van der Waals surface area contributed by atoms with Gasteiger partial charge in [-0.25, -0.2) is 0 Å². The molecule has 0 aromatic heterocycles. The van der Waals surface area contributed by atoms with Gasteiger partial charge in [0.1, 0.15) is 11.5 Å². The molecule has 0 aliphatic carbocycles. The summed E-state index contributed by atoms with van der Waals surface area (Å²) in [5.74, 6) is 0.678. The third kappa shape index (κ3) is 6.09. The minimum Gasteiger partial charge on any atom is -0.476 e. The van der Waals surface area contributed by atoms with E-state index in [1.54, 1.807) is 0 Å². The van der Waals surface area contributed by atoms with Gasteiger partial charge in [0.25, 0.3) is 5.24 Å². The molecule has 2 heterocycles. The number of rotatable bonds is 6. The van der Waals surface area contributed by atoms with Gasteiger partial charge < -0.3 is 19.1 Å². The Labute approximate surface area is 264 Å². The first-order chi connectivity index (χ1) is 20.9. The quantitative estimate of drug-likeness (QED) is 0.208. The third-order valence-electron chi connectivity index (χ3n) is 9.05. The Morgan fingerprint density at radius 3 is 1.95 bits per heavy atom. The molecule has 1 fully saturated rings. The first-order valence-electron chi connectivity index (χ1n) is 15.2. The number of carbonyl (C=O) groups excluding carboxylic acids is 3. The van der Waals surface area contributed by atoms with Crippen molar-refractivity contribution < 1.29 is 28.6 Å². The van der Waals surface area contributed by atoms with Crippen LogP contribution in [0, 0.1) is 26.7 Å². The molecule has 3 aromatic rings. The van der Waals surface area contributed by atoms with Gasteiger partial charge in [-0.05, 0) is 75.4 Å². The van der Waals surface area contributed by atoms with Crippen molar-refractivity contribution in [2.24, 2.45) is 5.92 Å². The molecule has 7 nitrogen and oxygen atoms in total. The number of hydrogen-bond donors (Lipinski definition) is 0. The molecule has 232 valence electrons. The summed E-state index contributed by atoms with van der Waals surface area (Å²) in [6, 6.07) is 19.9. The Morgan fingerprint density at radius 2 is 1.43 bits per heavy atom. The van der Waals surface area contributed by atoms with Crippen molar-refractivity contribution in [3.05, 3.63) is 94.0 Å². The van der Waals surface area contributed by atoms with Crippen molar-refractivity contribution in [1.29, 1.82) is 0 Å². The fraction of sp³-hybridized carbons (Fsp3) is 0.417. The van der Waals surface area contributed by atoms with Crippen molar-refractivity contribution in [2.45, 2.75) is 77.8 Å². The van der Waals surface area contributed by atoms with E-state index in [9.17, 15) is 14.4 Å². The molecule has 3 aromatic carbocycles. The molecule has 1 unspecified atom stereocenters. The zero-order chi connectivity index (χ0) is 31.6. The maximum Gasteiger partial charge on any atom is 0.308 e. The molecular weight excluding hydrogens is 574 g/mol. The zero-order valence-corrected chi connectivity index (χ0v) is 27.2. The van der Waals surface area contributed by atoms with E-state index in [-0.39, 0.29) is 23.1 Å². The van der Waals surface area contributed by atoms with Crippen LogP contribution in [-0.4, -0.2) is 40.1 Å². The number of benzene rings is 3. The third-order valence-corrected chi connectivity index (χ3v) is 10.2. The van der Waals surface area contributed by atoms with Crippen LogP contribution in [0.15, 0.2) is 60.7 Å². The molecule has 5 rings (SSSR count). The summed E-state index contributed by atoms with van der Waals surface area (Å²) in [4.78, 5) is 39.2. The smallest absolute Gasteiger partial charge is 0.308 e. The van der Waals surface area contributed by atoms with Crippen LogP contribution < -0.4 is 9.47 Å². The highest BCUT2D eigenvalue weighted by molar-refractivity contribution is 8.14. The largest absolute Gasteiger partial charge is 0.476 e. The summed E-state index contributed by atoms with van der Waals surface area (Å²) in [5.41, 5.74) is 4.64. The second-order valence-corrected chi connectivity index (χ2v) is 13.4. The van der Waals surface area contributed by atoms with Crippen molar-refractivity contribution in [3.63, 3.8) is 0 Å². The van der Waals surface area contributed by atoms with Crippen molar-refractivity contribution in [1.82, 2.24) is 4.90 Å². The van der Waals surface area contributed by atoms with E-state index in [4.69, 9.17) is 14.2 Å². The number of hydrogen-bond acceptors (Lipinski definition) is 7. The lowest BCUT2D eigenvalue weighted by molar-refractivity contribution is -0.161. The van der Waals surface area contributed by atoms with E-state index >= 15 is 0 Å². The van der Waals surface area contributed by atoms with E-state index in [2.05, 4.69) is 0 Å². The van der Waals surface area contributed by atoms with Crippen LogP contribution in [0.1, 0.15) is 73.4 Å². The molecule has 1 atom stereocenters. The maximum absolute atomic E-state index is 13.7. The topological polar surface area (TPSA) is 82.1 Å². The Balaban J connectivity index is 1.34. The highest BCUT2D eigenvalue weighted by Gasteiger charge is 2.47. The van der Waals surface area contributed by atoms with Gasteiger partial charge in [0.2, 0.25) is 0 Å². The fourth-order valence-corrected chi connectivity index (χ4v) is 7.75. The van der Waals surface area contributed by atoms with Gasteiger partial charge in [-0.2, -0.15) is 0 Å². The minimum absolute atomic E-state index is 0.0151. The second-order valence-electron chi connectivity index (χ2n) is 12.0. The van der Waals surface area contributed by atoms with Crippen LogP contribution in [0.25, 0.3) is 0 Å². The van der Waals surface area contributed by atoms with Crippen molar-refractivity contribution in [2.75, 3.05) is 13.1 Å². The minimum atomic E-state index is -0.947. The lowest BCUT2D eigenvalue weighted by Gasteiger charge is -2.45. The second kappa shape index (κ2) is 12.7. The predicted molar refractivity (Wildman–Crippen MR) is 172 cm³/mol. The summed E-state index contributed by atoms with van der Waals surface area (Å²) in [7, 11) is 0. The number of fused-ring (bicyclic) bond motifs is 1. The predicted octanol–water partition coefficient (Wildman–Crippen LogP) is 7.65. The lowest BCUT2D eigenvalue weighted by atomic mass is 9.71. The molecule has 8 heteroatoms. The number of likely N-dealkylation sites (tertiary alicyclic amines) is 1. The number of nitrogens with zero attached hydrogens (tertiary/aromatic N) is 1. The van der Waals surface area contributed by atoms with Gasteiger partial charge in [0, 0.05) is 56.0 Å². The molecule has 0 spiro atoms. The zero-order valence-electron chi connectivity index (χ0n) is 26.4. The molecule has 0 bridgehead atoms. The summed E-state index contributed by atoms with van der Waals surface area (Å²) < 4.78 is 18.4. The lowest BCUT2D eigenvalue weighted by Crippen LogP contribution is -2.48. The Morgan fingerprint density at radius 1 is 0.864 bits per heavy atom. The van der Waals surface area contributed by atoms with E-state index in [0.29, 0.717) is 44.5 Å². The van der Waals surface area contributed by atoms with Gasteiger partial charge in [-0.15, -0.1) is 0 Å². The number of esters is 2. The molecule has 2 aliphatic heterocycles. The van der Waals surface area contributed by atoms with Gasteiger partial charge >= 0.3 is 11.9 Å². The van der Waals surface area contributed by atoms with Gasteiger partial charge in [-0.1, -0.05) is 60.7 Å².